The molecule has 0 fully saturated rings. The molecule has 128 valence electrons. The lowest BCUT2D eigenvalue weighted by Crippen LogP contribution is -2.41. The van der Waals surface area contributed by atoms with E-state index in [4.69, 9.17) is 0 Å². The number of nitrogens with one attached hydrogen (secondary N) is 2. The molecule has 2 N–H and O–H groups in total. The molecule has 0 aliphatic heterocycles. The molecular weight excluding hydrogens is 349 g/mol. The van der Waals surface area contributed by atoms with Crippen molar-refractivity contribution in [3.8, 4) is 5.75 Å². The Morgan fingerprint density at radius 1 is 1.00 bits per heavy atom. The van der Waals surface area contributed by atoms with Crippen LogP contribution in [0.25, 0.3) is 0 Å². The van der Waals surface area contributed by atoms with Crippen LogP contribution < -0.4 is 15.0 Å². The van der Waals surface area contributed by atoms with Gasteiger partial charge < -0.3 is 4.74 Å². The van der Waals surface area contributed by atoms with E-state index < -0.39 is 32.9 Å². The summed E-state index contributed by atoms with van der Waals surface area (Å²) in [5, 5.41) is 0. The fourth-order valence-electron chi connectivity index (χ4n) is 1.67. The van der Waals surface area contributed by atoms with Gasteiger partial charge in [-0.05, 0) is 24.3 Å². The van der Waals surface area contributed by atoms with Crippen molar-refractivity contribution in [2.75, 3.05) is 0 Å². The number of hydrazine groups is 1. The lowest BCUT2D eigenvalue weighted by Gasteiger charge is -2.11. The van der Waals surface area contributed by atoms with Crippen LogP contribution in [0.5, 0.6) is 5.75 Å². The van der Waals surface area contributed by atoms with Crippen LogP contribution in [0.2, 0.25) is 0 Å². The highest BCUT2D eigenvalue weighted by Gasteiger charge is 2.31. The molecule has 0 aliphatic carbocycles. The molecule has 2 aromatic carbocycles. The fourth-order valence-corrected chi connectivity index (χ4v) is 2.55. The highest BCUT2D eigenvalue weighted by molar-refractivity contribution is 7.89. The first-order valence-electron chi connectivity index (χ1n) is 6.40. The number of carbonyl (C=O) groups is 1. The molecule has 10 heteroatoms. The second kappa shape index (κ2) is 6.89. The summed E-state index contributed by atoms with van der Waals surface area (Å²) in [6.07, 6.45) is -4.95. The van der Waals surface area contributed by atoms with Crippen LogP contribution in [0.3, 0.4) is 0 Å². The number of halogens is 3. The van der Waals surface area contributed by atoms with Crippen LogP contribution in [0, 0.1) is 0 Å². The summed E-state index contributed by atoms with van der Waals surface area (Å²) in [4.78, 5) is 13.1. The van der Waals surface area contributed by atoms with Crippen LogP contribution in [0.1, 0.15) is 10.4 Å². The molecular formula is C14H11F3N2O4S. The summed E-state index contributed by atoms with van der Waals surface area (Å²) in [5.41, 5.74) is 2.17. The number of hydrogen-bond donors (Lipinski definition) is 2. The standard InChI is InChI=1S/C14H11F3N2O4S/c15-14(16,17)23-11-7-4-8-12(9-11)24(21,22)19-18-13(20)10-5-2-1-3-6-10/h1-9,19H,(H,18,20). The molecule has 0 spiro atoms. The zero-order chi connectivity index (χ0) is 17.8. The first-order valence-corrected chi connectivity index (χ1v) is 7.89. The number of alkyl halides is 3. The maximum absolute atomic E-state index is 12.2. The maximum atomic E-state index is 12.2. The summed E-state index contributed by atoms with van der Waals surface area (Å²) in [6.45, 7) is 0. The fraction of sp³-hybridized carbons (Fsp3) is 0.0714. The number of carbonyl (C=O) groups excluding carboxylic acids is 1. The second-order valence-corrected chi connectivity index (χ2v) is 6.13. The number of amides is 1. The molecule has 0 unspecified atom stereocenters. The molecule has 1 amide bonds. The van der Waals surface area contributed by atoms with Crippen LogP contribution in [0.15, 0.2) is 59.5 Å². The quantitative estimate of drug-likeness (QED) is 0.801. The predicted molar refractivity (Wildman–Crippen MR) is 77.4 cm³/mol. The molecule has 0 saturated heterocycles. The third-order valence-electron chi connectivity index (χ3n) is 2.68. The predicted octanol–water partition coefficient (Wildman–Crippen LogP) is 2.21. The minimum Gasteiger partial charge on any atom is -0.406 e. The first-order chi connectivity index (χ1) is 11.2. The largest absolute Gasteiger partial charge is 0.573 e. The summed E-state index contributed by atoms with van der Waals surface area (Å²) in [6, 6.07) is 11.5. The van der Waals surface area contributed by atoms with Gasteiger partial charge in [-0.2, -0.15) is 0 Å². The number of hydrogen-bond acceptors (Lipinski definition) is 4. The van der Waals surface area contributed by atoms with Crippen molar-refractivity contribution in [2.24, 2.45) is 0 Å². The van der Waals surface area contributed by atoms with E-state index in [1.54, 1.807) is 23.0 Å². The Labute approximate surface area is 135 Å². The Kier molecular flexibility index (Phi) is 5.10. The maximum Gasteiger partial charge on any atom is 0.573 e. The molecule has 24 heavy (non-hydrogen) atoms. The lowest BCUT2D eigenvalue weighted by atomic mass is 10.2. The normalized spacial score (nSPS) is 11.8. The van der Waals surface area contributed by atoms with Gasteiger partial charge in [-0.3, -0.25) is 10.2 Å². The van der Waals surface area contributed by atoms with Crippen LogP contribution in [-0.2, 0) is 10.0 Å². The molecule has 0 aliphatic rings. The van der Waals surface area contributed by atoms with Gasteiger partial charge in [0.2, 0.25) is 0 Å². The van der Waals surface area contributed by atoms with Crippen molar-refractivity contribution in [1.29, 1.82) is 0 Å². The van der Waals surface area contributed by atoms with Gasteiger partial charge in [0.15, 0.2) is 0 Å². The third-order valence-corrected chi connectivity index (χ3v) is 3.93. The van der Waals surface area contributed by atoms with Gasteiger partial charge in [0, 0.05) is 11.6 Å². The lowest BCUT2D eigenvalue weighted by molar-refractivity contribution is -0.274. The summed E-state index contributed by atoms with van der Waals surface area (Å²) >= 11 is 0. The minimum atomic E-state index is -4.95. The Morgan fingerprint density at radius 2 is 1.67 bits per heavy atom. The van der Waals surface area contributed by atoms with Gasteiger partial charge in [-0.25, -0.2) is 8.42 Å². The highest BCUT2D eigenvalue weighted by Crippen LogP contribution is 2.24. The summed E-state index contributed by atoms with van der Waals surface area (Å²) < 4.78 is 64.2. The van der Waals surface area contributed by atoms with Crippen molar-refractivity contribution in [1.82, 2.24) is 10.3 Å². The third kappa shape index (κ3) is 4.96. The van der Waals surface area contributed by atoms with Crippen LogP contribution in [-0.4, -0.2) is 20.7 Å². The molecule has 0 heterocycles. The van der Waals surface area contributed by atoms with Crippen molar-refractivity contribution in [3.63, 3.8) is 0 Å². The molecule has 2 rings (SSSR count). The average molecular weight is 360 g/mol. The van der Waals surface area contributed by atoms with Crippen LogP contribution in [0.4, 0.5) is 13.2 Å². The number of benzene rings is 2. The SMILES string of the molecule is O=C(NNS(=O)(=O)c1cccc(OC(F)(F)F)c1)c1ccccc1. The average Bonchev–Trinajstić information content (AvgIpc) is 2.52. The molecule has 0 saturated carbocycles. The molecule has 0 aromatic heterocycles. The Morgan fingerprint density at radius 3 is 2.29 bits per heavy atom. The minimum absolute atomic E-state index is 0.203. The van der Waals surface area contributed by atoms with E-state index >= 15 is 0 Å². The van der Waals surface area contributed by atoms with E-state index in [1.807, 2.05) is 5.43 Å². The summed E-state index contributed by atoms with van der Waals surface area (Å²) in [5.74, 6) is -1.42. The van der Waals surface area contributed by atoms with E-state index in [2.05, 4.69) is 4.74 Å². The van der Waals surface area contributed by atoms with Gasteiger partial charge >= 0.3 is 6.36 Å². The first kappa shape index (κ1) is 17.8. The number of ether oxygens (including phenoxy) is 1. The number of sulfonamides is 1. The van der Waals surface area contributed by atoms with Crippen molar-refractivity contribution in [2.45, 2.75) is 11.3 Å². The van der Waals surface area contributed by atoms with E-state index in [0.29, 0.717) is 6.07 Å². The van der Waals surface area contributed by atoms with Crippen molar-refractivity contribution >= 4 is 15.9 Å². The highest BCUT2D eigenvalue weighted by atomic mass is 32.2. The number of rotatable bonds is 5. The van der Waals surface area contributed by atoms with E-state index in [9.17, 15) is 26.4 Å². The second-order valence-electron chi connectivity index (χ2n) is 4.45. The topological polar surface area (TPSA) is 84.5 Å². The van der Waals surface area contributed by atoms with Gasteiger partial charge in [0.25, 0.3) is 15.9 Å². The van der Waals surface area contributed by atoms with Gasteiger partial charge in [0.1, 0.15) is 5.75 Å². The van der Waals surface area contributed by atoms with Gasteiger partial charge in [-0.15, -0.1) is 18.0 Å². The van der Waals surface area contributed by atoms with Crippen molar-refractivity contribution < 1.29 is 31.1 Å². The van der Waals surface area contributed by atoms with Gasteiger partial charge in [0.05, 0.1) is 4.90 Å². The molecule has 0 radical (unpaired) electrons. The van der Waals surface area contributed by atoms with Crippen molar-refractivity contribution in [3.05, 3.63) is 60.2 Å². The Balaban J connectivity index is 2.10. The van der Waals surface area contributed by atoms with E-state index in [0.717, 1.165) is 18.2 Å². The molecule has 0 atom stereocenters. The smallest absolute Gasteiger partial charge is 0.406 e. The zero-order valence-electron chi connectivity index (χ0n) is 11.9. The monoisotopic (exact) mass is 360 g/mol. The van der Waals surface area contributed by atoms with E-state index in [-0.39, 0.29) is 5.56 Å². The summed E-state index contributed by atoms with van der Waals surface area (Å²) in [7, 11) is -4.27. The van der Waals surface area contributed by atoms with Crippen LogP contribution >= 0.6 is 0 Å². The molecule has 6 nitrogen and oxygen atoms in total. The Bertz CT molecular complexity index is 823. The van der Waals surface area contributed by atoms with Gasteiger partial charge in [-0.1, -0.05) is 24.3 Å². The molecule has 2 aromatic rings. The zero-order valence-corrected chi connectivity index (χ0v) is 12.7. The Hall–Kier alpha value is -2.59. The molecule has 0 bridgehead atoms. The van der Waals surface area contributed by atoms with E-state index in [1.165, 1.54) is 12.1 Å².